The molecule has 0 unspecified atom stereocenters. The molecule has 1 aliphatic heterocycles. The molecule has 0 saturated heterocycles. The van der Waals surface area contributed by atoms with Crippen LogP contribution in [0.25, 0.3) is 0 Å². The Hall–Kier alpha value is -3.39. The van der Waals surface area contributed by atoms with E-state index in [1.54, 1.807) is 0 Å². The molecule has 0 saturated carbocycles. The number of nitrogens with one attached hydrogen (secondary N) is 1. The van der Waals surface area contributed by atoms with Crippen LogP contribution in [0.4, 0.5) is 29.7 Å². The fourth-order valence-corrected chi connectivity index (χ4v) is 4.67. The number of ether oxygens (including phenoxy) is 2. The second kappa shape index (κ2) is 7.94. The molecule has 14 heteroatoms. The maximum absolute atomic E-state index is 13.1. The predicted molar refractivity (Wildman–Crippen MR) is 108 cm³/mol. The lowest BCUT2D eigenvalue weighted by molar-refractivity contribution is -0.137. The number of nitrogens with zero attached hydrogens (tertiary/aromatic N) is 3. The van der Waals surface area contributed by atoms with Crippen molar-refractivity contribution >= 4 is 44.0 Å². The molecule has 0 aliphatic carbocycles. The summed E-state index contributed by atoms with van der Waals surface area (Å²) in [5.41, 5.74) is -0.741. The Bertz CT molecular complexity index is 1280. The number of methoxy groups -OCH3 is 1. The zero-order valence-electron chi connectivity index (χ0n) is 16.1. The molecule has 1 aromatic heterocycles. The monoisotopic (exact) mass is 486 g/mol. The molecule has 9 nitrogen and oxygen atoms in total. The maximum Gasteiger partial charge on any atom is 0.416 e. The standard InChI is InChI=1S/C18H13F3N4O5S2/c1-29-14-6-10(18(19,20)21)2-4-12(14)25-13-5-3-11(7-15(13)30-8-16(25)26)32(27,28)24-17-22-9-23-31-17/h2-7,9H,8H2,1H3,(H,22,23,24). The van der Waals surface area contributed by atoms with Gasteiger partial charge < -0.3 is 9.47 Å². The normalized spacial score (nSPS) is 14.0. The predicted octanol–water partition coefficient (Wildman–Crippen LogP) is 3.42. The Morgan fingerprint density at radius 1 is 1.19 bits per heavy atom. The highest BCUT2D eigenvalue weighted by Gasteiger charge is 2.34. The first-order chi connectivity index (χ1) is 15.1. The average Bonchev–Trinajstić information content (AvgIpc) is 3.24. The molecular weight excluding hydrogens is 473 g/mol. The van der Waals surface area contributed by atoms with E-state index in [0.717, 1.165) is 34.6 Å². The zero-order chi connectivity index (χ0) is 23.1. The van der Waals surface area contributed by atoms with Crippen LogP contribution in [0.15, 0.2) is 47.6 Å². The van der Waals surface area contributed by atoms with Gasteiger partial charge in [0.1, 0.15) is 17.8 Å². The number of carbonyl (C=O) groups is 1. The third-order valence-electron chi connectivity index (χ3n) is 4.41. The first-order valence-electron chi connectivity index (χ1n) is 8.74. The molecule has 168 valence electrons. The molecule has 2 aromatic carbocycles. The van der Waals surface area contributed by atoms with Crippen LogP contribution in [0, 0.1) is 0 Å². The maximum atomic E-state index is 13.1. The van der Waals surface area contributed by atoms with Gasteiger partial charge in [-0.1, -0.05) is 0 Å². The molecule has 0 spiro atoms. The number of benzene rings is 2. The Kier molecular flexibility index (Phi) is 5.42. The number of hydrogen-bond acceptors (Lipinski definition) is 8. The summed E-state index contributed by atoms with van der Waals surface area (Å²) in [6, 6.07) is 6.46. The highest BCUT2D eigenvalue weighted by Crippen LogP contribution is 2.44. The lowest BCUT2D eigenvalue weighted by Crippen LogP contribution is -2.35. The Labute approximate surface area is 183 Å². The third-order valence-corrected chi connectivity index (χ3v) is 6.46. The van der Waals surface area contributed by atoms with E-state index in [2.05, 4.69) is 14.1 Å². The summed E-state index contributed by atoms with van der Waals surface area (Å²) in [6.45, 7) is -0.454. The SMILES string of the molecule is COc1cc(C(F)(F)F)ccc1N1C(=O)COc2cc(S(=O)(=O)Nc3ncns3)ccc21. The molecule has 0 fully saturated rings. The van der Waals surface area contributed by atoms with Gasteiger partial charge in [0.15, 0.2) is 6.61 Å². The summed E-state index contributed by atoms with van der Waals surface area (Å²) >= 11 is 0.849. The van der Waals surface area contributed by atoms with Crippen LogP contribution in [0.5, 0.6) is 11.5 Å². The van der Waals surface area contributed by atoms with Crippen molar-refractivity contribution in [1.29, 1.82) is 0 Å². The second-order valence-corrected chi connectivity index (χ2v) is 8.85. The molecule has 0 bridgehead atoms. The minimum absolute atomic E-state index is 0.0479. The summed E-state index contributed by atoms with van der Waals surface area (Å²) in [5, 5.41) is 0.0648. The van der Waals surface area contributed by atoms with Gasteiger partial charge >= 0.3 is 6.18 Å². The highest BCUT2D eigenvalue weighted by atomic mass is 32.2. The molecule has 1 aliphatic rings. The Balaban J connectivity index is 1.74. The average molecular weight is 486 g/mol. The van der Waals surface area contributed by atoms with Gasteiger partial charge in [-0.2, -0.15) is 17.5 Å². The van der Waals surface area contributed by atoms with E-state index in [1.807, 2.05) is 0 Å². The molecular formula is C18H13F3N4O5S2. The van der Waals surface area contributed by atoms with Crippen LogP contribution in [0.3, 0.4) is 0 Å². The molecule has 0 atom stereocenters. The minimum Gasteiger partial charge on any atom is -0.495 e. The summed E-state index contributed by atoms with van der Waals surface area (Å²) in [5.74, 6) is -0.708. The van der Waals surface area contributed by atoms with Crippen LogP contribution in [-0.2, 0) is 21.0 Å². The van der Waals surface area contributed by atoms with Crippen LogP contribution in [0.2, 0.25) is 0 Å². The van der Waals surface area contributed by atoms with Gasteiger partial charge in [-0.25, -0.2) is 13.4 Å². The van der Waals surface area contributed by atoms with Crippen LogP contribution in [0.1, 0.15) is 5.56 Å². The van der Waals surface area contributed by atoms with Crippen molar-refractivity contribution in [2.24, 2.45) is 0 Å². The number of carbonyl (C=O) groups excluding carboxylic acids is 1. The van der Waals surface area contributed by atoms with Crippen molar-refractivity contribution in [1.82, 2.24) is 9.36 Å². The third kappa shape index (κ3) is 4.05. The summed E-state index contributed by atoms with van der Waals surface area (Å²) in [6.07, 6.45) is -3.40. The first kappa shape index (κ1) is 21.8. The Morgan fingerprint density at radius 3 is 2.59 bits per heavy atom. The van der Waals surface area contributed by atoms with Gasteiger partial charge in [0, 0.05) is 17.6 Å². The number of rotatable bonds is 5. The summed E-state index contributed by atoms with van der Waals surface area (Å²) in [7, 11) is -2.84. The number of hydrogen-bond donors (Lipinski definition) is 1. The molecule has 3 aromatic rings. The van der Waals surface area contributed by atoms with Crippen molar-refractivity contribution in [2.45, 2.75) is 11.1 Å². The van der Waals surface area contributed by atoms with E-state index in [-0.39, 0.29) is 32.9 Å². The summed E-state index contributed by atoms with van der Waals surface area (Å²) < 4.78 is 80.8. The smallest absolute Gasteiger partial charge is 0.416 e. The lowest BCUT2D eigenvalue weighted by Gasteiger charge is -2.30. The molecule has 32 heavy (non-hydrogen) atoms. The van der Waals surface area contributed by atoms with Gasteiger partial charge in [0.25, 0.3) is 15.9 Å². The van der Waals surface area contributed by atoms with E-state index >= 15 is 0 Å². The van der Waals surface area contributed by atoms with Crippen molar-refractivity contribution < 1.29 is 35.9 Å². The van der Waals surface area contributed by atoms with E-state index in [1.165, 1.54) is 31.6 Å². The summed E-state index contributed by atoms with van der Waals surface area (Å²) in [4.78, 5) is 17.3. The van der Waals surface area contributed by atoms with Crippen LogP contribution >= 0.6 is 11.5 Å². The van der Waals surface area contributed by atoms with E-state index < -0.39 is 34.3 Å². The number of sulfonamides is 1. The number of alkyl halides is 3. The van der Waals surface area contributed by atoms with Gasteiger partial charge in [-0.05, 0) is 30.3 Å². The van der Waals surface area contributed by atoms with Gasteiger partial charge in [0.05, 0.1) is 28.9 Å². The first-order valence-corrected chi connectivity index (χ1v) is 11.0. The van der Waals surface area contributed by atoms with Gasteiger partial charge in [-0.15, -0.1) is 0 Å². The van der Waals surface area contributed by atoms with Crippen molar-refractivity contribution in [2.75, 3.05) is 23.3 Å². The fourth-order valence-electron chi connectivity index (χ4n) is 3.00. The van der Waals surface area contributed by atoms with Crippen LogP contribution < -0.4 is 19.1 Å². The van der Waals surface area contributed by atoms with E-state index in [9.17, 15) is 26.4 Å². The number of anilines is 3. The number of aromatic nitrogens is 2. The number of amides is 1. The number of halogens is 3. The van der Waals surface area contributed by atoms with E-state index in [4.69, 9.17) is 9.47 Å². The highest BCUT2D eigenvalue weighted by molar-refractivity contribution is 7.93. The lowest BCUT2D eigenvalue weighted by atomic mass is 10.1. The van der Waals surface area contributed by atoms with Gasteiger partial charge in [-0.3, -0.25) is 14.4 Å². The molecule has 1 amide bonds. The fraction of sp³-hybridized carbons (Fsp3) is 0.167. The molecule has 0 radical (unpaired) electrons. The zero-order valence-corrected chi connectivity index (χ0v) is 17.7. The topological polar surface area (TPSA) is 111 Å². The van der Waals surface area contributed by atoms with Crippen molar-refractivity contribution in [3.05, 3.63) is 48.3 Å². The molecule has 4 rings (SSSR count). The van der Waals surface area contributed by atoms with Crippen LogP contribution in [-0.4, -0.2) is 37.4 Å². The Morgan fingerprint density at radius 2 is 1.94 bits per heavy atom. The largest absolute Gasteiger partial charge is 0.495 e. The van der Waals surface area contributed by atoms with E-state index in [0.29, 0.717) is 0 Å². The minimum atomic E-state index is -4.60. The van der Waals surface area contributed by atoms with Crippen molar-refractivity contribution in [3.63, 3.8) is 0 Å². The van der Waals surface area contributed by atoms with Crippen molar-refractivity contribution in [3.8, 4) is 11.5 Å². The quantitative estimate of drug-likeness (QED) is 0.588. The van der Waals surface area contributed by atoms with Gasteiger partial charge in [0.2, 0.25) is 5.13 Å². The molecule has 1 N–H and O–H groups in total. The second-order valence-electron chi connectivity index (χ2n) is 6.38. The number of fused-ring (bicyclic) bond motifs is 1. The molecule has 2 heterocycles.